The van der Waals surface area contributed by atoms with Gasteiger partial charge in [0.05, 0.1) is 5.69 Å². The molecule has 1 amide bonds. The number of nitrogens with zero attached hydrogens (tertiary/aromatic N) is 4. The Morgan fingerprint density at radius 3 is 2.26 bits per heavy atom. The molecule has 2 N–H and O–H groups in total. The minimum Gasteiger partial charge on any atom is -0.336 e. The third-order valence-electron chi connectivity index (χ3n) is 5.07. The van der Waals surface area contributed by atoms with E-state index in [0.29, 0.717) is 31.4 Å². The van der Waals surface area contributed by atoms with Crippen LogP contribution in [0.1, 0.15) is 23.5 Å². The number of aromatic nitrogens is 3. The van der Waals surface area contributed by atoms with E-state index >= 15 is 0 Å². The fourth-order valence-corrected chi connectivity index (χ4v) is 3.44. The van der Waals surface area contributed by atoms with Crippen molar-refractivity contribution in [2.45, 2.75) is 12.8 Å². The molecule has 0 spiro atoms. The van der Waals surface area contributed by atoms with Crippen LogP contribution in [0.3, 0.4) is 0 Å². The Morgan fingerprint density at radius 1 is 1.00 bits per heavy atom. The molecule has 0 unspecified atom stereocenters. The minimum atomic E-state index is -0.114. The van der Waals surface area contributed by atoms with Gasteiger partial charge in [-0.15, -0.1) is 5.10 Å². The molecular weight excluding hydrogens is 338 g/mol. The lowest BCUT2D eigenvalue weighted by atomic mass is 9.97. The smallest absolute Gasteiger partial charge is 0.293 e. The van der Waals surface area contributed by atoms with E-state index in [1.165, 1.54) is 0 Å². The van der Waals surface area contributed by atoms with Gasteiger partial charge in [0.2, 0.25) is 5.82 Å². The van der Waals surface area contributed by atoms with Crippen molar-refractivity contribution in [1.29, 1.82) is 0 Å². The molecule has 0 aliphatic carbocycles. The maximum Gasteiger partial charge on any atom is 0.293 e. The highest BCUT2D eigenvalue weighted by Gasteiger charge is 2.27. The van der Waals surface area contributed by atoms with Crippen LogP contribution >= 0.6 is 0 Å². The van der Waals surface area contributed by atoms with E-state index in [-0.39, 0.29) is 11.7 Å². The van der Waals surface area contributed by atoms with Gasteiger partial charge in [0.1, 0.15) is 0 Å². The number of amides is 1. The number of carbonyl (C=O) groups is 1. The third kappa shape index (κ3) is 3.61. The maximum atomic E-state index is 13.0. The quantitative estimate of drug-likeness (QED) is 0.775. The van der Waals surface area contributed by atoms with Crippen molar-refractivity contribution in [1.82, 2.24) is 19.7 Å². The maximum absolute atomic E-state index is 13.0. The molecule has 1 saturated heterocycles. The summed E-state index contributed by atoms with van der Waals surface area (Å²) in [5.41, 5.74) is 7.56. The van der Waals surface area contributed by atoms with Crippen molar-refractivity contribution in [3.8, 4) is 17.1 Å². The van der Waals surface area contributed by atoms with Crippen LogP contribution in [-0.2, 0) is 0 Å². The first-order valence-corrected chi connectivity index (χ1v) is 9.33. The first-order valence-electron chi connectivity index (χ1n) is 9.33. The zero-order valence-corrected chi connectivity index (χ0v) is 15.2. The van der Waals surface area contributed by atoms with Gasteiger partial charge in [0.25, 0.3) is 5.91 Å². The Morgan fingerprint density at radius 2 is 1.63 bits per heavy atom. The van der Waals surface area contributed by atoms with Gasteiger partial charge in [-0.25, -0.2) is 9.67 Å². The standard InChI is InChI=1S/C21H23N5O/c22-15-16-11-13-25(14-12-16)21(27)19-23-20(17-7-3-1-4-8-17)26(24-19)18-9-5-2-6-10-18/h1-10,16H,11-15,22H2. The molecule has 2 aromatic carbocycles. The highest BCUT2D eigenvalue weighted by molar-refractivity contribution is 5.91. The molecule has 0 radical (unpaired) electrons. The van der Waals surface area contributed by atoms with E-state index in [9.17, 15) is 4.79 Å². The number of hydrogen-bond acceptors (Lipinski definition) is 4. The number of nitrogens with two attached hydrogens (primary N) is 1. The molecule has 1 fully saturated rings. The van der Waals surface area contributed by atoms with Gasteiger partial charge in [0.15, 0.2) is 5.82 Å². The fourth-order valence-electron chi connectivity index (χ4n) is 3.44. The topological polar surface area (TPSA) is 77.0 Å². The van der Waals surface area contributed by atoms with Crippen LogP contribution in [0.15, 0.2) is 60.7 Å². The molecular formula is C21H23N5O. The number of piperidine rings is 1. The van der Waals surface area contributed by atoms with Crippen molar-refractivity contribution < 1.29 is 4.79 Å². The molecule has 0 bridgehead atoms. The number of carbonyl (C=O) groups excluding carboxylic acids is 1. The lowest BCUT2D eigenvalue weighted by Gasteiger charge is -2.30. The Hall–Kier alpha value is -2.99. The molecule has 27 heavy (non-hydrogen) atoms. The summed E-state index contributed by atoms with van der Waals surface area (Å²) in [7, 11) is 0. The van der Waals surface area contributed by atoms with Gasteiger partial charge >= 0.3 is 0 Å². The third-order valence-corrected chi connectivity index (χ3v) is 5.07. The summed E-state index contributed by atoms with van der Waals surface area (Å²) in [6.07, 6.45) is 1.88. The molecule has 0 atom stereocenters. The zero-order valence-electron chi connectivity index (χ0n) is 15.2. The highest BCUT2D eigenvalue weighted by Crippen LogP contribution is 2.23. The Labute approximate surface area is 158 Å². The fraction of sp³-hybridized carbons (Fsp3) is 0.286. The molecule has 138 valence electrons. The van der Waals surface area contributed by atoms with E-state index in [0.717, 1.165) is 24.1 Å². The van der Waals surface area contributed by atoms with Crippen LogP contribution in [-0.4, -0.2) is 45.2 Å². The molecule has 1 aromatic heterocycles. The summed E-state index contributed by atoms with van der Waals surface area (Å²) in [4.78, 5) is 19.4. The summed E-state index contributed by atoms with van der Waals surface area (Å²) in [5.74, 6) is 1.30. The molecule has 2 heterocycles. The highest BCUT2D eigenvalue weighted by atomic mass is 16.2. The van der Waals surface area contributed by atoms with Crippen LogP contribution in [0.2, 0.25) is 0 Å². The van der Waals surface area contributed by atoms with Gasteiger partial charge in [-0.1, -0.05) is 48.5 Å². The molecule has 6 heteroatoms. The number of rotatable bonds is 4. The van der Waals surface area contributed by atoms with Crippen LogP contribution in [0.25, 0.3) is 17.1 Å². The number of likely N-dealkylation sites (tertiary alicyclic amines) is 1. The lowest BCUT2D eigenvalue weighted by Crippen LogP contribution is -2.40. The van der Waals surface area contributed by atoms with Gasteiger partial charge in [-0.05, 0) is 37.4 Å². The average Bonchev–Trinajstić information content (AvgIpc) is 3.20. The molecule has 6 nitrogen and oxygen atoms in total. The van der Waals surface area contributed by atoms with Crippen molar-refractivity contribution in [3.63, 3.8) is 0 Å². The monoisotopic (exact) mass is 361 g/mol. The van der Waals surface area contributed by atoms with Crippen LogP contribution in [0.5, 0.6) is 0 Å². The van der Waals surface area contributed by atoms with E-state index in [4.69, 9.17) is 5.73 Å². The van der Waals surface area contributed by atoms with Crippen molar-refractivity contribution in [2.75, 3.05) is 19.6 Å². The molecule has 4 rings (SSSR count). The molecule has 0 saturated carbocycles. The predicted molar refractivity (Wildman–Crippen MR) is 104 cm³/mol. The Bertz CT molecular complexity index is 842. The lowest BCUT2D eigenvalue weighted by molar-refractivity contribution is 0.0681. The summed E-state index contributed by atoms with van der Waals surface area (Å²) < 4.78 is 1.75. The first-order chi connectivity index (χ1) is 13.3. The second kappa shape index (κ2) is 7.72. The Kier molecular flexibility index (Phi) is 4.98. The van der Waals surface area contributed by atoms with E-state index in [1.54, 1.807) is 4.68 Å². The summed E-state index contributed by atoms with van der Waals surface area (Å²) in [6.45, 7) is 2.10. The van der Waals surface area contributed by atoms with Crippen molar-refractivity contribution >= 4 is 5.91 Å². The minimum absolute atomic E-state index is 0.114. The van der Waals surface area contributed by atoms with E-state index < -0.39 is 0 Å². The number of benzene rings is 2. The number of hydrogen-bond donors (Lipinski definition) is 1. The van der Waals surface area contributed by atoms with Gasteiger partial charge in [0, 0.05) is 18.7 Å². The van der Waals surface area contributed by atoms with E-state index in [1.807, 2.05) is 65.6 Å². The van der Waals surface area contributed by atoms with Crippen molar-refractivity contribution in [3.05, 3.63) is 66.5 Å². The summed E-state index contributed by atoms with van der Waals surface area (Å²) in [5, 5.41) is 4.56. The normalized spacial score (nSPS) is 15.1. The van der Waals surface area contributed by atoms with Gasteiger partial charge in [-0.3, -0.25) is 4.79 Å². The number of para-hydroxylation sites is 1. The second-order valence-corrected chi connectivity index (χ2v) is 6.84. The molecule has 1 aliphatic rings. The SMILES string of the molecule is NCC1CCN(C(=O)c2nc(-c3ccccc3)n(-c3ccccc3)n2)CC1. The largest absolute Gasteiger partial charge is 0.336 e. The second-order valence-electron chi connectivity index (χ2n) is 6.84. The summed E-state index contributed by atoms with van der Waals surface area (Å²) >= 11 is 0. The zero-order chi connectivity index (χ0) is 18.6. The van der Waals surface area contributed by atoms with E-state index in [2.05, 4.69) is 10.1 Å². The van der Waals surface area contributed by atoms with Crippen LogP contribution < -0.4 is 5.73 Å². The van der Waals surface area contributed by atoms with Crippen molar-refractivity contribution in [2.24, 2.45) is 11.7 Å². The summed E-state index contributed by atoms with van der Waals surface area (Å²) in [6, 6.07) is 19.6. The molecule has 3 aromatic rings. The van der Waals surface area contributed by atoms with Gasteiger partial charge in [-0.2, -0.15) is 0 Å². The van der Waals surface area contributed by atoms with Crippen LogP contribution in [0.4, 0.5) is 0 Å². The average molecular weight is 361 g/mol. The van der Waals surface area contributed by atoms with Crippen LogP contribution in [0, 0.1) is 5.92 Å². The molecule has 1 aliphatic heterocycles. The first kappa shape index (κ1) is 17.4. The predicted octanol–water partition coefficient (Wildman–Crippen LogP) is 2.75. The van der Waals surface area contributed by atoms with Gasteiger partial charge < -0.3 is 10.6 Å². The Balaban J connectivity index is 1.68.